The van der Waals surface area contributed by atoms with Crippen molar-refractivity contribution < 1.29 is 14.5 Å². The van der Waals surface area contributed by atoms with Crippen molar-refractivity contribution in [3.05, 3.63) is 33.9 Å². The quantitative estimate of drug-likeness (QED) is 0.470. The zero-order valence-electron chi connectivity index (χ0n) is 10.8. The summed E-state index contributed by atoms with van der Waals surface area (Å²) in [6.45, 7) is 2.11. The van der Waals surface area contributed by atoms with Crippen molar-refractivity contribution in [1.29, 1.82) is 0 Å². The molecule has 6 nitrogen and oxygen atoms in total. The smallest absolute Gasteiger partial charge is 0.315 e. The van der Waals surface area contributed by atoms with E-state index in [4.69, 9.17) is 4.74 Å². The molecule has 0 atom stereocenters. The van der Waals surface area contributed by atoms with Crippen LogP contribution in [-0.4, -0.2) is 30.3 Å². The van der Waals surface area contributed by atoms with Gasteiger partial charge in [-0.2, -0.15) is 0 Å². The van der Waals surface area contributed by atoms with Crippen molar-refractivity contribution >= 4 is 29.1 Å². The highest BCUT2D eigenvalue weighted by molar-refractivity contribution is 7.99. The van der Waals surface area contributed by atoms with Crippen molar-refractivity contribution in [2.24, 2.45) is 0 Å². The summed E-state index contributed by atoms with van der Waals surface area (Å²) in [4.78, 5) is 21.7. The van der Waals surface area contributed by atoms with E-state index >= 15 is 0 Å². The first-order chi connectivity index (χ1) is 9.10. The van der Waals surface area contributed by atoms with E-state index in [-0.39, 0.29) is 17.4 Å². The summed E-state index contributed by atoms with van der Waals surface area (Å²) in [7, 11) is 1.64. The van der Waals surface area contributed by atoms with Gasteiger partial charge in [0.05, 0.1) is 17.3 Å². The summed E-state index contributed by atoms with van der Waals surface area (Å²) < 4.78 is 4.81. The number of nitro groups is 1. The van der Waals surface area contributed by atoms with E-state index in [9.17, 15) is 14.9 Å². The predicted molar refractivity (Wildman–Crippen MR) is 75.4 cm³/mol. The number of thioether (sulfide) groups is 1. The number of anilines is 1. The molecule has 0 heterocycles. The summed E-state index contributed by atoms with van der Waals surface area (Å²) in [5.41, 5.74) is 1.33. The minimum atomic E-state index is -0.425. The first-order valence-electron chi connectivity index (χ1n) is 5.77. The molecule has 0 aliphatic rings. The zero-order chi connectivity index (χ0) is 14.3. The van der Waals surface area contributed by atoms with Crippen LogP contribution in [0.3, 0.4) is 0 Å². The van der Waals surface area contributed by atoms with Gasteiger partial charge in [-0.05, 0) is 12.5 Å². The maximum atomic E-state index is 11.2. The molecule has 1 aromatic rings. The third-order valence-corrected chi connectivity index (χ3v) is 3.31. The molecule has 0 saturated heterocycles. The lowest BCUT2D eigenvalue weighted by molar-refractivity contribution is -0.384. The fourth-order valence-electron chi connectivity index (χ4n) is 1.59. The molecule has 0 unspecified atom stereocenters. The number of carbonyl (C=O) groups excluding carboxylic acids is 1. The molecular formula is C12H16N2O4S. The number of nitro benzene ring substituents is 1. The standard InChI is InChI=1S/C12H16N2O4S/c1-3-18-11(15)8-19-7-9-5-4-6-10(14(16)17)12(9)13-2/h4-6,13H,3,7-8H2,1-2H3. The molecule has 1 aromatic carbocycles. The van der Waals surface area contributed by atoms with Gasteiger partial charge in [-0.15, -0.1) is 11.8 Å². The van der Waals surface area contributed by atoms with Crippen LogP contribution in [0.25, 0.3) is 0 Å². The van der Waals surface area contributed by atoms with Gasteiger partial charge in [-0.1, -0.05) is 12.1 Å². The molecule has 0 bridgehead atoms. The molecule has 1 rings (SSSR count). The molecule has 19 heavy (non-hydrogen) atoms. The van der Waals surface area contributed by atoms with Gasteiger partial charge < -0.3 is 10.1 Å². The Bertz CT molecular complexity index is 465. The number of hydrogen-bond acceptors (Lipinski definition) is 6. The number of nitrogens with one attached hydrogen (secondary N) is 1. The summed E-state index contributed by atoms with van der Waals surface area (Å²) in [5.74, 6) is 0.472. The number of ether oxygens (including phenoxy) is 1. The topological polar surface area (TPSA) is 81.5 Å². The van der Waals surface area contributed by atoms with E-state index in [1.165, 1.54) is 17.8 Å². The van der Waals surface area contributed by atoms with E-state index in [2.05, 4.69) is 5.32 Å². The number of nitrogens with zero attached hydrogens (tertiary/aromatic N) is 1. The van der Waals surface area contributed by atoms with Gasteiger partial charge in [0.1, 0.15) is 5.69 Å². The van der Waals surface area contributed by atoms with Gasteiger partial charge in [-0.25, -0.2) is 0 Å². The van der Waals surface area contributed by atoms with Crippen molar-refractivity contribution in [1.82, 2.24) is 0 Å². The Kier molecular flexibility index (Phi) is 6.14. The molecule has 0 spiro atoms. The number of benzene rings is 1. The Morgan fingerprint density at radius 2 is 2.26 bits per heavy atom. The number of rotatable bonds is 7. The summed E-state index contributed by atoms with van der Waals surface area (Å²) in [5, 5.41) is 13.7. The number of carbonyl (C=O) groups is 1. The monoisotopic (exact) mass is 284 g/mol. The lowest BCUT2D eigenvalue weighted by Gasteiger charge is -2.09. The normalized spacial score (nSPS) is 10.0. The summed E-state index contributed by atoms with van der Waals surface area (Å²) in [6.07, 6.45) is 0. The van der Waals surface area contributed by atoms with E-state index in [0.717, 1.165) is 5.56 Å². The van der Waals surface area contributed by atoms with Crippen LogP contribution in [-0.2, 0) is 15.3 Å². The maximum Gasteiger partial charge on any atom is 0.315 e. The molecule has 0 aromatic heterocycles. The highest BCUT2D eigenvalue weighted by Gasteiger charge is 2.16. The number of esters is 1. The average Bonchev–Trinajstić information content (AvgIpc) is 2.38. The fraction of sp³-hybridized carbons (Fsp3) is 0.417. The fourth-order valence-corrected chi connectivity index (χ4v) is 2.41. The lowest BCUT2D eigenvalue weighted by Crippen LogP contribution is -2.07. The molecular weight excluding hydrogens is 268 g/mol. The van der Waals surface area contributed by atoms with Crippen molar-refractivity contribution in [2.75, 3.05) is 24.7 Å². The van der Waals surface area contributed by atoms with Crippen molar-refractivity contribution in [2.45, 2.75) is 12.7 Å². The van der Waals surface area contributed by atoms with Gasteiger partial charge >= 0.3 is 5.97 Å². The average molecular weight is 284 g/mol. The Morgan fingerprint density at radius 1 is 1.53 bits per heavy atom. The van der Waals surface area contributed by atoms with Crippen LogP contribution in [0.15, 0.2) is 18.2 Å². The highest BCUT2D eigenvalue weighted by atomic mass is 32.2. The molecule has 0 saturated carbocycles. The van der Waals surface area contributed by atoms with Crippen LogP contribution in [0.1, 0.15) is 12.5 Å². The molecule has 0 fully saturated rings. The molecule has 104 valence electrons. The molecule has 0 radical (unpaired) electrons. The van der Waals surface area contributed by atoms with E-state index < -0.39 is 4.92 Å². The van der Waals surface area contributed by atoms with Crippen LogP contribution in [0.2, 0.25) is 0 Å². The second-order valence-corrected chi connectivity index (χ2v) is 4.60. The van der Waals surface area contributed by atoms with Gasteiger partial charge in [0, 0.05) is 18.9 Å². The summed E-state index contributed by atoms with van der Waals surface area (Å²) >= 11 is 1.37. The third-order valence-electron chi connectivity index (χ3n) is 2.36. The van der Waals surface area contributed by atoms with E-state index in [1.54, 1.807) is 26.1 Å². The Morgan fingerprint density at radius 3 is 2.84 bits per heavy atom. The number of hydrogen-bond donors (Lipinski definition) is 1. The second kappa shape index (κ2) is 7.63. The van der Waals surface area contributed by atoms with Crippen LogP contribution in [0, 0.1) is 10.1 Å². The minimum Gasteiger partial charge on any atom is -0.465 e. The van der Waals surface area contributed by atoms with Gasteiger partial charge in [0.15, 0.2) is 0 Å². The Hall–Kier alpha value is -1.76. The van der Waals surface area contributed by atoms with E-state index in [0.29, 0.717) is 18.0 Å². The molecule has 0 aliphatic heterocycles. The molecule has 0 aliphatic carbocycles. The largest absolute Gasteiger partial charge is 0.465 e. The van der Waals surface area contributed by atoms with Crippen LogP contribution < -0.4 is 5.32 Å². The van der Waals surface area contributed by atoms with Gasteiger partial charge in [-0.3, -0.25) is 14.9 Å². The minimum absolute atomic E-state index is 0.0386. The van der Waals surface area contributed by atoms with Crippen LogP contribution >= 0.6 is 11.8 Å². The molecule has 1 N–H and O–H groups in total. The van der Waals surface area contributed by atoms with Gasteiger partial charge in [0.2, 0.25) is 0 Å². The number of para-hydroxylation sites is 1. The maximum absolute atomic E-state index is 11.2. The Labute approximate surface area is 115 Å². The highest BCUT2D eigenvalue weighted by Crippen LogP contribution is 2.30. The summed E-state index contributed by atoms with van der Waals surface area (Å²) in [6, 6.07) is 4.89. The van der Waals surface area contributed by atoms with Gasteiger partial charge in [0.25, 0.3) is 5.69 Å². The molecule has 7 heteroatoms. The van der Waals surface area contributed by atoms with Crippen LogP contribution in [0.5, 0.6) is 0 Å². The van der Waals surface area contributed by atoms with E-state index in [1.807, 2.05) is 0 Å². The lowest BCUT2D eigenvalue weighted by atomic mass is 10.1. The third kappa shape index (κ3) is 4.44. The molecule has 0 amide bonds. The predicted octanol–water partition coefficient (Wildman–Crippen LogP) is 2.43. The van der Waals surface area contributed by atoms with Crippen molar-refractivity contribution in [3.63, 3.8) is 0 Å². The first-order valence-corrected chi connectivity index (χ1v) is 6.93. The Balaban J connectivity index is 2.70. The van der Waals surface area contributed by atoms with Crippen molar-refractivity contribution in [3.8, 4) is 0 Å². The van der Waals surface area contributed by atoms with Crippen LogP contribution in [0.4, 0.5) is 11.4 Å². The first kappa shape index (κ1) is 15.3. The SMILES string of the molecule is CCOC(=O)CSCc1cccc([N+](=O)[O-])c1NC. The zero-order valence-corrected chi connectivity index (χ0v) is 11.7. The second-order valence-electron chi connectivity index (χ2n) is 3.62.